The molecule has 2 aromatic rings. The third kappa shape index (κ3) is 2.82. The molecule has 1 aromatic carbocycles. The molecule has 0 aliphatic heterocycles. The minimum absolute atomic E-state index is 0.261. The quantitative estimate of drug-likeness (QED) is 0.849. The summed E-state index contributed by atoms with van der Waals surface area (Å²) in [6, 6.07) is 4.97. The van der Waals surface area contributed by atoms with Crippen LogP contribution in [0.15, 0.2) is 18.2 Å². The number of aliphatic hydroxyl groups is 1. The van der Waals surface area contributed by atoms with Gasteiger partial charge in [0.15, 0.2) is 0 Å². The van der Waals surface area contributed by atoms with Gasteiger partial charge < -0.3 is 14.8 Å². The minimum atomic E-state index is -0.939. The molecule has 0 saturated heterocycles. The van der Waals surface area contributed by atoms with E-state index >= 15 is 0 Å². The molecule has 5 nitrogen and oxygen atoms in total. The molecule has 0 fully saturated rings. The molecule has 0 radical (unpaired) electrons. The lowest BCUT2D eigenvalue weighted by Crippen LogP contribution is -2.11. The van der Waals surface area contributed by atoms with Gasteiger partial charge in [-0.2, -0.15) is 0 Å². The van der Waals surface area contributed by atoms with Crippen molar-refractivity contribution < 1.29 is 15.0 Å². The number of fused-ring (bicyclic) bond motifs is 1. The SMILES string of the molecule is CCc1nc2ccc(C(=O)O)cc2n1CCC(O)CC. The van der Waals surface area contributed by atoms with Crippen molar-refractivity contribution in [1.29, 1.82) is 0 Å². The van der Waals surface area contributed by atoms with Crippen LogP contribution in [0.25, 0.3) is 11.0 Å². The van der Waals surface area contributed by atoms with E-state index in [2.05, 4.69) is 4.98 Å². The number of hydrogen-bond donors (Lipinski definition) is 2. The molecule has 20 heavy (non-hydrogen) atoms. The van der Waals surface area contributed by atoms with Crippen LogP contribution in [-0.4, -0.2) is 31.8 Å². The predicted molar refractivity (Wildman–Crippen MR) is 77.0 cm³/mol. The fourth-order valence-corrected chi connectivity index (χ4v) is 2.31. The second-order valence-corrected chi connectivity index (χ2v) is 4.89. The van der Waals surface area contributed by atoms with Crippen molar-refractivity contribution >= 4 is 17.0 Å². The maximum atomic E-state index is 11.1. The molecule has 108 valence electrons. The molecule has 1 atom stereocenters. The summed E-state index contributed by atoms with van der Waals surface area (Å²) in [5, 5.41) is 18.8. The number of benzene rings is 1. The van der Waals surface area contributed by atoms with Gasteiger partial charge in [0.1, 0.15) is 5.82 Å². The first-order valence-corrected chi connectivity index (χ1v) is 6.97. The number of aliphatic hydroxyl groups excluding tert-OH is 1. The summed E-state index contributed by atoms with van der Waals surface area (Å²) in [7, 11) is 0. The number of hydrogen-bond acceptors (Lipinski definition) is 3. The first-order chi connectivity index (χ1) is 9.56. The average molecular weight is 276 g/mol. The third-order valence-electron chi connectivity index (χ3n) is 3.55. The molecule has 1 heterocycles. The van der Waals surface area contributed by atoms with Crippen LogP contribution in [0.4, 0.5) is 0 Å². The number of carboxylic acids is 1. The van der Waals surface area contributed by atoms with Crippen LogP contribution < -0.4 is 0 Å². The van der Waals surface area contributed by atoms with Gasteiger partial charge in [0, 0.05) is 13.0 Å². The van der Waals surface area contributed by atoms with E-state index in [0.717, 1.165) is 23.3 Å². The zero-order valence-electron chi connectivity index (χ0n) is 11.8. The Bertz CT molecular complexity index is 619. The van der Waals surface area contributed by atoms with Gasteiger partial charge in [0.25, 0.3) is 0 Å². The Kier molecular flexibility index (Phi) is 4.39. The van der Waals surface area contributed by atoms with Crippen molar-refractivity contribution in [2.75, 3.05) is 0 Å². The monoisotopic (exact) mass is 276 g/mol. The Morgan fingerprint density at radius 2 is 2.15 bits per heavy atom. The molecule has 0 bridgehead atoms. The molecule has 5 heteroatoms. The summed E-state index contributed by atoms with van der Waals surface area (Å²) in [4.78, 5) is 15.6. The zero-order valence-corrected chi connectivity index (χ0v) is 11.8. The van der Waals surface area contributed by atoms with Crippen molar-refractivity contribution in [2.45, 2.75) is 45.8 Å². The van der Waals surface area contributed by atoms with E-state index in [4.69, 9.17) is 5.11 Å². The Morgan fingerprint density at radius 1 is 1.40 bits per heavy atom. The summed E-state index contributed by atoms with van der Waals surface area (Å²) in [6.07, 6.45) is 1.81. The van der Waals surface area contributed by atoms with Crippen molar-refractivity contribution in [3.05, 3.63) is 29.6 Å². The first-order valence-electron chi connectivity index (χ1n) is 6.97. The largest absolute Gasteiger partial charge is 0.478 e. The zero-order chi connectivity index (χ0) is 14.7. The molecular weight excluding hydrogens is 256 g/mol. The van der Waals surface area contributed by atoms with Crippen molar-refractivity contribution in [1.82, 2.24) is 9.55 Å². The molecule has 2 rings (SSSR count). The van der Waals surface area contributed by atoms with Gasteiger partial charge in [-0.1, -0.05) is 13.8 Å². The highest BCUT2D eigenvalue weighted by atomic mass is 16.4. The summed E-state index contributed by atoms with van der Waals surface area (Å²) in [5.74, 6) is -0.0165. The highest BCUT2D eigenvalue weighted by Gasteiger charge is 2.13. The Morgan fingerprint density at radius 3 is 2.75 bits per heavy atom. The van der Waals surface area contributed by atoms with Gasteiger partial charge in [0.05, 0.1) is 22.7 Å². The molecule has 0 aliphatic rings. The van der Waals surface area contributed by atoms with Crippen LogP contribution in [0, 0.1) is 0 Å². The second kappa shape index (κ2) is 6.05. The maximum Gasteiger partial charge on any atom is 0.335 e. The van der Waals surface area contributed by atoms with Crippen molar-refractivity contribution in [3.63, 3.8) is 0 Å². The normalized spacial score (nSPS) is 12.8. The number of aryl methyl sites for hydroxylation is 2. The third-order valence-corrected chi connectivity index (χ3v) is 3.55. The lowest BCUT2D eigenvalue weighted by atomic mass is 10.2. The number of rotatable bonds is 6. The van der Waals surface area contributed by atoms with Crippen LogP contribution >= 0.6 is 0 Å². The highest BCUT2D eigenvalue weighted by Crippen LogP contribution is 2.20. The number of imidazole rings is 1. The Hall–Kier alpha value is -1.88. The average Bonchev–Trinajstić information content (AvgIpc) is 2.81. The van der Waals surface area contributed by atoms with Crippen LogP contribution in [0.3, 0.4) is 0 Å². The molecule has 0 saturated carbocycles. The van der Waals surface area contributed by atoms with Gasteiger partial charge in [-0.05, 0) is 31.0 Å². The number of nitrogens with zero attached hydrogens (tertiary/aromatic N) is 2. The Labute approximate surface area is 117 Å². The van der Waals surface area contributed by atoms with Gasteiger partial charge in [-0.25, -0.2) is 9.78 Å². The lowest BCUT2D eigenvalue weighted by Gasteiger charge is -2.11. The minimum Gasteiger partial charge on any atom is -0.478 e. The van der Waals surface area contributed by atoms with E-state index in [-0.39, 0.29) is 11.7 Å². The van der Waals surface area contributed by atoms with Crippen LogP contribution in [-0.2, 0) is 13.0 Å². The van der Waals surface area contributed by atoms with Gasteiger partial charge in [0.2, 0.25) is 0 Å². The van der Waals surface area contributed by atoms with E-state index in [1.54, 1.807) is 18.2 Å². The number of aromatic carboxylic acids is 1. The highest BCUT2D eigenvalue weighted by molar-refractivity contribution is 5.92. The van der Waals surface area contributed by atoms with Crippen LogP contribution in [0.5, 0.6) is 0 Å². The van der Waals surface area contributed by atoms with E-state index in [9.17, 15) is 9.90 Å². The van der Waals surface area contributed by atoms with Gasteiger partial charge in [-0.15, -0.1) is 0 Å². The fraction of sp³-hybridized carbons (Fsp3) is 0.467. The molecule has 0 spiro atoms. The number of carbonyl (C=O) groups is 1. The number of carboxylic acid groups (broad SMARTS) is 1. The van der Waals surface area contributed by atoms with Crippen molar-refractivity contribution in [2.24, 2.45) is 0 Å². The first kappa shape index (κ1) is 14.5. The van der Waals surface area contributed by atoms with Crippen molar-refractivity contribution in [3.8, 4) is 0 Å². The standard InChI is InChI=1S/C15H20N2O3/c1-3-11(18)7-8-17-13-9-10(15(19)20)5-6-12(13)16-14(17)4-2/h5-6,9,11,18H,3-4,7-8H2,1-2H3,(H,19,20). The van der Waals surface area contributed by atoms with Crippen LogP contribution in [0.1, 0.15) is 42.9 Å². The molecular formula is C15H20N2O3. The van der Waals surface area contributed by atoms with Gasteiger partial charge in [-0.3, -0.25) is 0 Å². The summed E-state index contributed by atoms with van der Waals surface area (Å²) in [6.45, 7) is 4.61. The van der Waals surface area contributed by atoms with E-state index in [1.165, 1.54) is 0 Å². The van der Waals surface area contributed by atoms with Crippen LogP contribution in [0.2, 0.25) is 0 Å². The smallest absolute Gasteiger partial charge is 0.335 e. The topological polar surface area (TPSA) is 75.3 Å². The molecule has 1 unspecified atom stereocenters. The Balaban J connectivity index is 2.42. The molecule has 2 N–H and O–H groups in total. The van der Waals surface area contributed by atoms with Gasteiger partial charge >= 0.3 is 5.97 Å². The fourth-order valence-electron chi connectivity index (χ4n) is 2.31. The summed E-state index contributed by atoms with van der Waals surface area (Å²) >= 11 is 0. The lowest BCUT2D eigenvalue weighted by molar-refractivity contribution is 0.0697. The summed E-state index contributed by atoms with van der Waals surface area (Å²) in [5.41, 5.74) is 1.89. The second-order valence-electron chi connectivity index (χ2n) is 4.89. The summed E-state index contributed by atoms with van der Waals surface area (Å²) < 4.78 is 2.01. The molecule has 1 aromatic heterocycles. The van der Waals surface area contributed by atoms with E-state index in [0.29, 0.717) is 19.4 Å². The number of aromatic nitrogens is 2. The predicted octanol–water partition coefficient (Wildman–Crippen LogP) is 2.46. The van der Waals surface area contributed by atoms with E-state index < -0.39 is 5.97 Å². The van der Waals surface area contributed by atoms with E-state index in [1.807, 2.05) is 18.4 Å². The molecule has 0 aliphatic carbocycles. The molecule has 0 amide bonds. The maximum absolute atomic E-state index is 11.1.